The third kappa shape index (κ3) is 6.95. The van der Waals surface area contributed by atoms with E-state index >= 15 is 0 Å². The molecule has 0 radical (unpaired) electrons. The number of ether oxygens (including phenoxy) is 2. The van der Waals surface area contributed by atoms with Crippen molar-refractivity contribution in [3.63, 3.8) is 0 Å². The van der Waals surface area contributed by atoms with Gasteiger partial charge in [0.15, 0.2) is 5.76 Å². The van der Waals surface area contributed by atoms with Crippen molar-refractivity contribution >= 4 is 35.6 Å². The molecule has 0 amide bonds. The van der Waals surface area contributed by atoms with Crippen molar-refractivity contribution in [2.45, 2.75) is 38.7 Å². The number of aryl methyl sites for hydroxylation is 1. The van der Waals surface area contributed by atoms with E-state index in [0.717, 1.165) is 17.2 Å². The van der Waals surface area contributed by atoms with Crippen LogP contribution in [0.2, 0.25) is 30.7 Å². The average molecular weight is 603 g/mol. The number of halogens is 1. The third-order valence-electron chi connectivity index (χ3n) is 6.40. The third-order valence-corrected chi connectivity index (χ3v) is 10.1. The van der Waals surface area contributed by atoms with Crippen molar-refractivity contribution in [1.82, 2.24) is 14.8 Å². The number of furan rings is 1. The summed E-state index contributed by atoms with van der Waals surface area (Å²) in [6, 6.07) is 17.0. The van der Waals surface area contributed by atoms with E-state index in [1.165, 1.54) is 10.6 Å². The van der Waals surface area contributed by atoms with Crippen LogP contribution in [0.15, 0.2) is 65.3 Å². The highest BCUT2D eigenvalue weighted by molar-refractivity contribution is 7.92. The van der Waals surface area contributed by atoms with Crippen molar-refractivity contribution < 1.29 is 22.3 Å². The summed E-state index contributed by atoms with van der Waals surface area (Å²) >= 11 is 6.03. The van der Waals surface area contributed by atoms with Gasteiger partial charge in [-0.15, -0.1) is 10.2 Å². The van der Waals surface area contributed by atoms with E-state index in [1.807, 2.05) is 30.3 Å². The largest absolute Gasteiger partial charge is 0.495 e. The number of nitrogens with zero attached hydrogens (tertiary/aromatic N) is 4. The van der Waals surface area contributed by atoms with Crippen LogP contribution in [0.25, 0.3) is 17.3 Å². The Kier molecular flexibility index (Phi) is 9.39. The maximum absolute atomic E-state index is 14.1. The number of para-hydroxylation sites is 1. The lowest BCUT2D eigenvalue weighted by Crippen LogP contribution is -2.39. The Morgan fingerprint density at radius 1 is 1.02 bits per heavy atom. The minimum Gasteiger partial charge on any atom is -0.495 e. The van der Waals surface area contributed by atoms with Crippen molar-refractivity contribution in [1.29, 1.82) is 0 Å². The van der Waals surface area contributed by atoms with E-state index in [0.29, 0.717) is 34.5 Å². The van der Waals surface area contributed by atoms with Gasteiger partial charge in [-0.05, 0) is 48.4 Å². The molecule has 0 aliphatic carbocycles. The Balaban J connectivity index is 1.89. The number of benzene rings is 2. The molecule has 0 saturated carbocycles. The van der Waals surface area contributed by atoms with E-state index in [4.69, 9.17) is 25.5 Å². The van der Waals surface area contributed by atoms with Crippen molar-refractivity contribution in [3.05, 3.63) is 77.0 Å². The predicted octanol–water partition coefficient (Wildman–Crippen LogP) is 6.05. The highest BCUT2D eigenvalue weighted by Gasteiger charge is 2.33. The van der Waals surface area contributed by atoms with E-state index in [1.54, 1.807) is 43.1 Å². The van der Waals surface area contributed by atoms with Crippen molar-refractivity contribution in [3.8, 4) is 23.0 Å². The lowest BCUT2D eigenvalue weighted by Gasteiger charge is -2.27. The number of methoxy groups -OCH3 is 2. The lowest BCUT2D eigenvalue weighted by molar-refractivity contribution is 0.184. The minimum atomic E-state index is -3.84. The first kappa shape index (κ1) is 29.8. The van der Waals surface area contributed by atoms with Gasteiger partial charge in [0.05, 0.1) is 31.4 Å². The second kappa shape index (κ2) is 12.6. The molecule has 40 heavy (non-hydrogen) atoms. The van der Waals surface area contributed by atoms with Gasteiger partial charge in [-0.25, -0.2) is 12.7 Å². The highest BCUT2D eigenvalue weighted by Crippen LogP contribution is 2.36. The van der Waals surface area contributed by atoms with Gasteiger partial charge in [0.1, 0.15) is 5.75 Å². The van der Waals surface area contributed by atoms with Gasteiger partial charge >= 0.3 is 0 Å². The Labute approximate surface area is 241 Å². The lowest BCUT2D eigenvalue weighted by atomic mass is 10.1. The summed E-state index contributed by atoms with van der Waals surface area (Å²) in [6.45, 7) is 7.16. The summed E-state index contributed by atoms with van der Waals surface area (Å²) in [7, 11) is -2.32. The van der Waals surface area contributed by atoms with Crippen LogP contribution < -0.4 is 9.04 Å². The molecular formula is C28H35ClN4O5SSi. The topological polar surface area (TPSA) is 99.7 Å². The molecule has 12 heteroatoms. The summed E-state index contributed by atoms with van der Waals surface area (Å²) < 4.78 is 48.2. The van der Waals surface area contributed by atoms with Gasteiger partial charge in [-0.3, -0.25) is 4.57 Å². The Hall–Kier alpha value is -3.12. The van der Waals surface area contributed by atoms with E-state index < -0.39 is 18.1 Å². The van der Waals surface area contributed by atoms with Crippen molar-refractivity contribution in [2.24, 2.45) is 0 Å². The van der Waals surface area contributed by atoms with Crippen LogP contribution in [0.5, 0.6) is 5.75 Å². The van der Waals surface area contributed by atoms with Crippen LogP contribution in [0.1, 0.15) is 11.1 Å². The first-order valence-electron chi connectivity index (χ1n) is 12.9. The van der Waals surface area contributed by atoms with Crippen LogP contribution >= 0.6 is 11.6 Å². The van der Waals surface area contributed by atoms with Crippen LogP contribution in [-0.4, -0.2) is 57.8 Å². The summed E-state index contributed by atoms with van der Waals surface area (Å²) in [5, 5.41) is 9.49. The first-order valence-corrected chi connectivity index (χ1v) is 18.6. The SMILES string of the molecule is COCc1cccc(OC)c1-n1c(-c2ccco2)nnc1N(CC[Si](C)(C)C)S(=O)(=O)CCc1ccc(Cl)cc1. The van der Waals surface area contributed by atoms with Crippen LogP contribution in [-0.2, 0) is 27.8 Å². The molecule has 0 saturated heterocycles. The van der Waals surface area contributed by atoms with Gasteiger partial charge < -0.3 is 13.9 Å². The molecule has 4 rings (SSSR count). The molecule has 214 valence electrons. The number of hydrogen-bond acceptors (Lipinski definition) is 7. The molecule has 0 N–H and O–H groups in total. The summed E-state index contributed by atoms with van der Waals surface area (Å²) in [5.74, 6) is 1.37. The first-order chi connectivity index (χ1) is 19.0. The number of hydrogen-bond donors (Lipinski definition) is 0. The second-order valence-corrected chi connectivity index (χ2v) is 18.7. The minimum absolute atomic E-state index is 0.111. The average Bonchev–Trinajstić information content (AvgIpc) is 3.58. The Morgan fingerprint density at radius 3 is 2.40 bits per heavy atom. The van der Waals surface area contributed by atoms with E-state index in [9.17, 15) is 8.42 Å². The normalized spacial score (nSPS) is 12.1. The number of aromatic nitrogens is 3. The molecule has 0 aliphatic rings. The summed E-state index contributed by atoms with van der Waals surface area (Å²) in [5.41, 5.74) is 2.24. The molecular weight excluding hydrogens is 568 g/mol. The fraction of sp³-hybridized carbons (Fsp3) is 0.357. The smallest absolute Gasteiger partial charge is 0.246 e. The molecule has 0 unspecified atom stereocenters. The molecule has 2 aromatic carbocycles. The highest BCUT2D eigenvalue weighted by atomic mass is 35.5. The van der Waals surface area contributed by atoms with Crippen LogP contribution in [0.3, 0.4) is 0 Å². The van der Waals surface area contributed by atoms with Gasteiger partial charge in [0, 0.05) is 32.3 Å². The van der Waals surface area contributed by atoms with Crippen LogP contribution in [0, 0.1) is 0 Å². The summed E-state index contributed by atoms with van der Waals surface area (Å²) in [6.07, 6.45) is 1.86. The molecule has 0 atom stereocenters. The molecule has 0 fully saturated rings. The van der Waals surface area contributed by atoms with Crippen LogP contribution in [0.4, 0.5) is 5.95 Å². The molecule has 2 heterocycles. The predicted molar refractivity (Wildman–Crippen MR) is 161 cm³/mol. The van der Waals surface area contributed by atoms with Gasteiger partial charge in [0.2, 0.25) is 21.8 Å². The fourth-order valence-corrected chi connectivity index (χ4v) is 6.91. The Bertz CT molecular complexity index is 1520. The molecule has 9 nitrogen and oxygen atoms in total. The molecule has 2 aromatic heterocycles. The maximum Gasteiger partial charge on any atom is 0.246 e. The molecule has 4 aromatic rings. The summed E-state index contributed by atoms with van der Waals surface area (Å²) in [4.78, 5) is 0. The second-order valence-electron chi connectivity index (χ2n) is 10.6. The zero-order valence-corrected chi connectivity index (χ0v) is 26.0. The molecule has 0 spiro atoms. The standard InChI is InChI=1S/C28H35ClN4O5SSi/c1-36-20-22-8-6-9-24(37-2)26(22)33-27(25-10-7-17-38-25)30-31-28(33)32(16-19-40(3,4)5)39(34,35)18-15-21-11-13-23(29)14-12-21/h6-14,17H,15-16,18-20H2,1-5H3. The zero-order valence-electron chi connectivity index (χ0n) is 23.4. The number of sulfonamides is 1. The Morgan fingerprint density at radius 2 is 1.77 bits per heavy atom. The van der Waals surface area contributed by atoms with Gasteiger partial charge in [-0.2, -0.15) is 0 Å². The number of rotatable bonds is 13. The maximum atomic E-state index is 14.1. The van der Waals surface area contributed by atoms with Crippen molar-refractivity contribution in [2.75, 3.05) is 30.8 Å². The monoisotopic (exact) mass is 602 g/mol. The quantitative estimate of drug-likeness (QED) is 0.172. The number of anilines is 1. The van der Waals surface area contributed by atoms with E-state index in [2.05, 4.69) is 29.8 Å². The van der Waals surface area contributed by atoms with Gasteiger partial charge in [-0.1, -0.05) is 55.5 Å². The van der Waals surface area contributed by atoms with Gasteiger partial charge in [0.25, 0.3) is 0 Å². The molecule has 0 bridgehead atoms. The zero-order chi connectivity index (χ0) is 28.9. The fourth-order valence-electron chi connectivity index (χ4n) is 4.28. The molecule has 0 aliphatic heterocycles. The van der Waals surface area contributed by atoms with E-state index in [-0.39, 0.29) is 24.9 Å².